The van der Waals surface area contributed by atoms with E-state index >= 15 is 0 Å². The van der Waals surface area contributed by atoms with Gasteiger partial charge in [0.05, 0.1) is 0 Å². The van der Waals surface area contributed by atoms with Crippen LogP contribution in [0.25, 0.3) is 10.4 Å². The molecule has 0 bridgehead atoms. The average Bonchev–Trinajstić information content (AvgIpc) is 2.22. The highest BCUT2D eigenvalue weighted by atomic mass is 16.3. The third kappa shape index (κ3) is 3.71. The summed E-state index contributed by atoms with van der Waals surface area (Å²) in [6, 6.07) is -0.934. The van der Waals surface area contributed by atoms with Crippen molar-refractivity contribution in [1.29, 1.82) is 0 Å². The monoisotopic (exact) mass is 202 g/mol. The Hall–Kier alpha value is -1.14. The lowest BCUT2D eigenvalue weighted by Gasteiger charge is -2.20. The van der Waals surface area contributed by atoms with Gasteiger partial charge in [0.25, 0.3) is 0 Å². The molecular weight excluding hydrogens is 188 g/mol. The van der Waals surface area contributed by atoms with Crippen LogP contribution in [0.2, 0.25) is 0 Å². The van der Waals surface area contributed by atoms with E-state index in [4.69, 9.17) is 11.3 Å². The fourth-order valence-corrected chi connectivity index (χ4v) is 0.873. The van der Waals surface area contributed by atoms with Crippen LogP contribution in [0.3, 0.4) is 0 Å². The molecule has 0 spiro atoms. The maximum absolute atomic E-state index is 11.0. The molecule has 0 aliphatic heterocycles. The van der Waals surface area contributed by atoms with Gasteiger partial charge < -0.3 is 15.9 Å². The Bertz CT molecular complexity index is 239. The van der Waals surface area contributed by atoms with Crippen molar-refractivity contribution >= 4 is 5.78 Å². The Labute approximate surface area is 81.2 Å². The lowest BCUT2D eigenvalue weighted by molar-refractivity contribution is -0.133. The van der Waals surface area contributed by atoms with E-state index in [-0.39, 0.29) is 13.0 Å². The average molecular weight is 202 g/mol. The fourth-order valence-electron chi connectivity index (χ4n) is 0.873. The highest BCUT2D eigenvalue weighted by Gasteiger charge is 2.27. The van der Waals surface area contributed by atoms with Crippen LogP contribution in [0, 0.1) is 0 Å². The van der Waals surface area contributed by atoms with E-state index in [0.717, 1.165) is 0 Å². The van der Waals surface area contributed by atoms with E-state index in [1.165, 1.54) is 0 Å². The van der Waals surface area contributed by atoms with Crippen molar-refractivity contribution in [2.75, 3.05) is 6.54 Å². The van der Waals surface area contributed by atoms with E-state index in [2.05, 4.69) is 10.0 Å². The third-order valence-electron chi connectivity index (χ3n) is 1.80. The molecule has 14 heavy (non-hydrogen) atoms. The number of aliphatic hydroxyl groups excluding tert-OH is 2. The van der Waals surface area contributed by atoms with Crippen LogP contribution >= 0.6 is 0 Å². The first-order valence-electron chi connectivity index (χ1n) is 4.19. The third-order valence-corrected chi connectivity index (χ3v) is 1.80. The summed E-state index contributed by atoms with van der Waals surface area (Å²) in [4.78, 5) is 13.4. The van der Waals surface area contributed by atoms with Crippen LogP contribution in [0.15, 0.2) is 5.11 Å². The fraction of sp³-hybridized carbons (Fsp3) is 0.857. The van der Waals surface area contributed by atoms with Crippen molar-refractivity contribution in [3.8, 4) is 0 Å². The topological polar surface area (TPSA) is 132 Å². The van der Waals surface area contributed by atoms with E-state index in [1.54, 1.807) is 6.92 Å². The van der Waals surface area contributed by atoms with Crippen LogP contribution in [0.1, 0.15) is 13.3 Å². The highest BCUT2D eigenvalue weighted by Crippen LogP contribution is 2.02. The summed E-state index contributed by atoms with van der Waals surface area (Å²) >= 11 is 0. The number of nitrogens with zero attached hydrogens (tertiary/aromatic N) is 3. The Kier molecular flexibility index (Phi) is 5.82. The molecule has 0 aliphatic carbocycles. The van der Waals surface area contributed by atoms with Gasteiger partial charge in [-0.05, 0) is 5.53 Å². The van der Waals surface area contributed by atoms with Crippen molar-refractivity contribution in [3.05, 3.63) is 10.4 Å². The van der Waals surface area contributed by atoms with E-state index in [9.17, 15) is 15.0 Å². The number of hydrogen-bond donors (Lipinski definition) is 3. The summed E-state index contributed by atoms with van der Waals surface area (Å²) in [5, 5.41) is 21.7. The molecule has 0 saturated carbocycles. The maximum atomic E-state index is 11.0. The van der Waals surface area contributed by atoms with E-state index in [1.807, 2.05) is 0 Å². The minimum Gasteiger partial charge on any atom is -0.388 e. The number of Topliss-reactive ketones (excluding diaryl/α,β-unsaturated/α-hetero) is 1. The van der Waals surface area contributed by atoms with Gasteiger partial charge in [-0.1, -0.05) is 12.0 Å². The minimum absolute atomic E-state index is 0.118. The largest absolute Gasteiger partial charge is 0.388 e. The molecule has 2 unspecified atom stereocenters. The summed E-state index contributed by atoms with van der Waals surface area (Å²) in [6.45, 7) is 1.41. The van der Waals surface area contributed by atoms with Crippen molar-refractivity contribution in [1.82, 2.24) is 0 Å². The Morgan fingerprint density at radius 1 is 1.64 bits per heavy atom. The standard InChI is InChI=1S/C7H14N4O3/c1-2-5(12)7(14)6(13)4(8)3-10-11-9/h4,6-7,13-14H,2-3,8H2,1H3/t4?,6?,7-/m0/s1. The molecule has 3 atom stereocenters. The molecule has 0 radical (unpaired) electrons. The number of azide groups is 1. The van der Waals surface area contributed by atoms with Gasteiger partial charge in [0.2, 0.25) is 0 Å². The molecule has 0 aromatic rings. The predicted octanol–water partition coefficient (Wildman–Crippen LogP) is -0.675. The van der Waals surface area contributed by atoms with Crippen molar-refractivity contribution in [2.24, 2.45) is 10.8 Å². The van der Waals surface area contributed by atoms with Gasteiger partial charge in [-0.25, -0.2) is 0 Å². The normalized spacial score (nSPS) is 16.6. The second kappa shape index (κ2) is 6.33. The van der Waals surface area contributed by atoms with Gasteiger partial charge in [0.15, 0.2) is 5.78 Å². The quantitative estimate of drug-likeness (QED) is 0.299. The van der Waals surface area contributed by atoms with Gasteiger partial charge >= 0.3 is 0 Å². The number of rotatable bonds is 6. The molecule has 0 fully saturated rings. The van der Waals surface area contributed by atoms with Gasteiger partial charge in [-0.3, -0.25) is 4.79 Å². The molecule has 0 aromatic carbocycles. The molecule has 0 rings (SSSR count). The van der Waals surface area contributed by atoms with E-state index in [0.29, 0.717) is 0 Å². The Morgan fingerprint density at radius 2 is 2.21 bits per heavy atom. The van der Waals surface area contributed by atoms with Crippen molar-refractivity contribution in [2.45, 2.75) is 31.6 Å². The SMILES string of the molecule is CCC(=O)[C@H](O)C(O)C(N)CN=[N+]=[N-]. The lowest BCUT2D eigenvalue weighted by Crippen LogP contribution is -2.47. The molecular formula is C7H14N4O3. The molecule has 0 aromatic heterocycles. The summed E-state index contributed by atoms with van der Waals surface area (Å²) in [5.74, 6) is -0.492. The molecule has 4 N–H and O–H groups in total. The van der Waals surface area contributed by atoms with Crippen LogP contribution in [-0.2, 0) is 4.79 Å². The van der Waals surface area contributed by atoms with Gasteiger partial charge in [-0.15, -0.1) is 0 Å². The number of ketones is 1. The first kappa shape index (κ1) is 12.9. The maximum Gasteiger partial charge on any atom is 0.163 e. The second-order valence-electron chi connectivity index (χ2n) is 2.83. The predicted molar refractivity (Wildman–Crippen MR) is 49.3 cm³/mol. The summed E-state index contributed by atoms with van der Waals surface area (Å²) < 4.78 is 0. The highest BCUT2D eigenvalue weighted by molar-refractivity contribution is 5.83. The van der Waals surface area contributed by atoms with Gasteiger partial charge in [-0.2, -0.15) is 0 Å². The van der Waals surface area contributed by atoms with E-state index < -0.39 is 24.0 Å². The van der Waals surface area contributed by atoms with Crippen LogP contribution in [-0.4, -0.2) is 40.8 Å². The Morgan fingerprint density at radius 3 is 2.64 bits per heavy atom. The second-order valence-corrected chi connectivity index (χ2v) is 2.83. The van der Waals surface area contributed by atoms with Gasteiger partial charge in [0, 0.05) is 23.9 Å². The number of aliphatic hydroxyl groups is 2. The zero-order chi connectivity index (χ0) is 11.1. The molecule has 0 amide bonds. The number of carbonyl (C=O) groups is 1. The molecule has 80 valence electrons. The number of hydrogen-bond acceptors (Lipinski definition) is 5. The first-order valence-corrected chi connectivity index (χ1v) is 4.19. The smallest absolute Gasteiger partial charge is 0.163 e. The van der Waals surface area contributed by atoms with Gasteiger partial charge in [0.1, 0.15) is 12.2 Å². The zero-order valence-electron chi connectivity index (χ0n) is 7.87. The molecule has 7 nitrogen and oxygen atoms in total. The summed E-state index contributed by atoms with van der Waals surface area (Å²) in [6.07, 6.45) is -2.79. The number of carbonyl (C=O) groups excluding carboxylic acids is 1. The van der Waals surface area contributed by atoms with Crippen LogP contribution in [0.5, 0.6) is 0 Å². The van der Waals surface area contributed by atoms with Crippen LogP contribution < -0.4 is 5.73 Å². The van der Waals surface area contributed by atoms with Crippen molar-refractivity contribution in [3.63, 3.8) is 0 Å². The van der Waals surface area contributed by atoms with Crippen molar-refractivity contribution < 1.29 is 15.0 Å². The lowest BCUT2D eigenvalue weighted by atomic mass is 10.0. The molecule has 0 aliphatic rings. The van der Waals surface area contributed by atoms with Crippen LogP contribution in [0.4, 0.5) is 0 Å². The first-order chi connectivity index (χ1) is 6.54. The summed E-state index contributed by atoms with van der Waals surface area (Å²) in [5.41, 5.74) is 13.4. The molecule has 0 saturated heterocycles. The number of nitrogens with two attached hydrogens (primary N) is 1. The Balaban J connectivity index is 4.22. The molecule has 0 heterocycles. The zero-order valence-corrected chi connectivity index (χ0v) is 7.87. The minimum atomic E-state index is -1.51. The molecule has 7 heteroatoms. The summed E-state index contributed by atoms with van der Waals surface area (Å²) in [7, 11) is 0.